The van der Waals surface area contributed by atoms with Crippen molar-refractivity contribution in [3.63, 3.8) is 0 Å². The number of nitrogens with zero attached hydrogens (tertiary/aromatic N) is 2. The van der Waals surface area contributed by atoms with Crippen LogP contribution in [0.4, 0.5) is 11.4 Å². The van der Waals surface area contributed by atoms with Gasteiger partial charge in [-0.3, -0.25) is 10.1 Å². The van der Waals surface area contributed by atoms with Crippen molar-refractivity contribution in [2.24, 2.45) is 0 Å². The SMILES string of the molecule is CN1CCCCC1CNc1ccccc1[N+](=O)[O-]. The number of likely N-dealkylation sites (N-methyl/N-ethyl adjacent to an activating group) is 1. The van der Waals surface area contributed by atoms with Crippen LogP contribution >= 0.6 is 0 Å². The van der Waals surface area contributed by atoms with Crippen molar-refractivity contribution >= 4 is 11.4 Å². The van der Waals surface area contributed by atoms with Crippen molar-refractivity contribution in [1.82, 2.24) is 4.90 Å². The lowest BCUT2D eigenvalue weighted by atomic mass is 10.0. The van der Waals surface area contributed by atoms with Gasteiger partial charge in [-0.1, -0.05) is 18.6 Å². The molecule has 1 N–H and O–H groups in total. The lowest BCUT2D eigenvalue weighted by molar-refractivity contribution is -0.384. The number of nitrogens with one attached hydrogen (secondary N) is 1. The third-order valence-electron chi connectivity index (χ3n) is 3.55. The van der Waals surface area contributed by atoms with Gasteiger partial charge in [0.1, 0.15) is 5.69 Å². The number of piperidine rings is 1. The molecule has 0 radical (unpaired) electrons. The summed E-state index contributed by atoms with van der Waals surface area (Å²) in [6.07, 6.45) is 3.65. The van der Waals surface area contributed by atoms with E-state index in [4.69, 9.17) is 0 Å². The zero-order valence-electron chi connectivity index (χ0n) is 10.6. The minimum absolute atomic E-state index is 0.149. The Morgan fingerprint density at radius 2 is 2.22 bits per heavy atom. The second-order valence-corrected chi connectivity index (χ2v) is 4.79. The standard InChI is InChI=1S/C13H19N3O2/c1-15-9-5-4-6-11(15)10-14-12-7-2-3-8-13(12)16(17)18/h2-3,7-8,11,14H,4-6,9-10H2,1H3. The Labute approximate surface area is 107 Å². The van der Waals surface area contributed by atoms with Crippen molar-refractivity contribution in [2.75, 3.05) is 25.5 Å². The van der Waals surface area contributed by atoms with Gasteiger partial charge in [-0.25, -0.2) is 0 Å². The van der Waals surface area contributed by atoms with E-state index in [1.54, 1.807) is 12.1 Å². The molecule has 1 saturated heterocycles. The van der Waals surface area contributed by atoms with E-state index in [2.05, 4.69) is 17.3 Å². The summed E-state index contributed by atoms with van der Waals surface area (Å²) in [4.78, 5) is 12.9. The van der Waals surface area contributed by atoms with E-state index >= 15 is 0 Å². The first kappa shape index (κ1) is 12.8. The lowest BCUT2D eigenvalue weighted by Gasteiger charge is -2.32. The van der Waals surface area contributed by atoms with Gasteiger partial charge in [0.2, 0.25) is 0 Å². The van der Waals surface area contributed by atoms with E-state index in [-0.39, 0.29) is 10.6 Å². The van der Waals surface area contributed by atoms with Crippen molar-refractivity contribution in [2.45, 2.75) is 25.3 Å². The van der Waals surface area contributed by atoms with Gasteiger partial charge in [-0.15, -0.1) is 0 Å². The highest BCUT2D eigenvalue weighted by Crippen LogP contribution is 2.24. The van der Waals surface area contributed by atoms with E-state index in [9.17, 15) is 10.1 Å². The number of likely N-dealkylation sites (tertiary alicyclic amines) is 1. The van der Waals surface area contributed by atoms with Gasteiger partial charge in [-0.05, 0) is 32.5 Å². The third-order valence-corrected chi connectivity index (χ3v) is 3.55. The topological polar surface area (TPSA) is 58.4 Å². The first-order chi connectivity index (χ1) is 8.68. The van der Waals surface area contributed by atoms with Crippen molar-refractivity contribution in [3.05, 3.63) is 34.4 Å². The van der Waals surface area contributed by atoms with Gasteiger partial charge in [0.15, 0.2) is 0 Å². The van der Waals surface area contributed by atoms with E-state index < -0.39 is 0 Å². The average Bonchev–Trinajstić information content (AvgIpc) is 2.38. The molecule has 1 aliphatic rings. The molecule has 0 amide bonds. The summed E-state index contributed by atoms with van der Waals surface area (Å²) in [5.74, 6) is 0. The maximum atomic E-state index is 10.9. The predicted molar refractivity (Wildman–Crippen MR) is 71.9 cm³/mol. The third kappa shape index (κ3) is 2.98. The van der Waals surface area contributed by atoms with Gasteiger partial charge in [0.25, 0.3) is 5.69 Å². The molecule has 1 fully saturated rings. The number of hydrogen-bond acceptors (Lipinski definition) is 4. The molecule has 1 aromatic carbocycles. The molecule has 2 rings (SSSR count). The van der Waals surface area contributed by atoms with Gasteiger partial charge >= 0.3 is 0 Å². The second-order valence-electron chi connectivity index (χ2n) is 4.79. The molecule has 1 heterocycles. The number of benzene rings is 1. The zero-order valence-corrected chi connectivity index (χ0v) is 10.6. The molecule has 5 nitrogen and oxygen atoms in total. The Bertz CT molecular complexity index is 422. The Kier molecular flexibility index (Phi) is 4.15. The molecule has 1 aliphatic heterocycles. The molecular formula is C13H19N3O2. The Morgan fingerprint density at radius 1 is 1.44 bits per heavy atom. The maximum absolute atomic E-state index is 10.9. The highest BCUT2D eigenvalue weighted by Gasteiger charge is 2.20. The van der Waals surface area contributed by atoms with Crippen LogP contribution in [0.25, 0.3) is 0 Å². The molecule has 1 atom stereocenters. The van der Waals surface area contributed by atoms with E-state index in [1.807, 2.05) is 6.07 Å². The fourth-order valence-electron chi connectivity index (χ4n) is 2.41. The van der Waals surface area contributed by atoms with Gasteiger partial charge in [0.05, 0.1) is 4.92 Å². The highest BCUT2D eigenvalue weighted by molar-refractivity contribution is 5.61. The Morgan fingerprint density at radius 3 is 2.94 bits per heavy atom. The lowest BCUT2D eigenvalue weighted by Crippen LogP contribution is -2.40. The zero-order chi connectivity index (χ0) is 13.0. The van der Waals surface area contributed by atoms with Crippen molar-refractivity contribution < 1.29 is 4.92 Å². The minimum atomic E-state index is -0.340. The molecule has 5 heteroatoms. The summed E-state index contributed by atoms with van der Waals surface area (Å²) in [6.45, 7) is 1.88. The summed E-state index contributed by atoms with van der Waals surface area (Å²) >= 11 is 0. The van der Waals surface area contributed by atoms with Crippen molar-refractivity contribution in [3.8, 4) is 0 Å². The van der Waals surface area contributed by atoms with Crippen LogP contribution in [0.5, 0.6) is 0 Å². The normalized spacial score (nSPS) is 20.6. The van der Waals surface area contributed by atoms with Crippen LogP contribution in [0.3, 0.4) is 0 Å². The highest BCUT2D eigenvalue weighted by atomic mass is 16.6. The summed E-state index contributed by atoms with van der Waals surface area (Å²) in [6, 6.07) is 7.28. The number of rotatable bonds is 4. The molecule has 0 aliphatic carbocycles. The largest absolute Gasteiger partial charge is 0.378 e. The minimum Gasteiger partial charge on any atom is -0.378 e. The second kappa shape index (κ2) is 5.82. The molecule has 0 spiro atoms. The van der Waals surface area contributed by atoms with E-state index in [1.165, 1.54) is 18.9 Å². The molecule has 1 unspecified atom stereocenters. The fraction of sp³-hybridized carbons (Fsp3) is 0.538. The molecule has 18 heavy (non-hydrogen) atoms. The Hall–Kier alpha value is -1.62. The smallest absolute Gasteiger partial charge is 0.292 e. The van der Waals surface area contributed by atoms with Crippen LogP contribution in [0.2, 0.25) is 0 Å². The average molecular weight is 249 g/mol. The van der Waals surface area contributed by atoms with Crippen LogP contribution < -0.4 is 5.32 Å². The fourth-order valence-corrected chi connectivity index (χ4v) is 2.41. The summed E-state index contributed by atoms with van der Waals surface area (Å²) < 4.78 is 0. The van der Waals surface area contributed by atoms with Crippen LogP contribution in [0, 0.1) is 10.1 Å². The molecule has 0 aromatic heterocycles. The van der Waals surface area contributed by atoms with Crippen LogP contribution in [0.15, 0.2) is 24.3 Å². The number of nitro benzene ring substituents is 1. The van der Waals surface area contributed by atoms with Gasteiger partial charge in [-0.2, -0.15) is 0 Å². The molecule has 0 bridgehead atoms. The molecule has 0 saturated carbocycles. The Balaban J connectivity index is 1.99. The van der Waals surface area contributed by atoms with Crippen molar-refractivity contribution in [1.29, 1.82) is 0 Å². The summed E-state index contributed by atoms with van der Waals surface area (Å²) in [5, 5.41) is 14.1. The van der Waals surface area contributed by atoms with Gasteiger partial charge < -0.3 is 10.2 Å². The molecular weight excluding hydrogens is 230 g/mol. The quantitative estimate of drug-likeness (QED) is 0.658. The maximum Gasteiger partial charge on any atom is 0.292 e. The van der Waals surface area contributed by atoms with Gasteiger partial charge in [0, 0.05) is 18.7 Å². The number of nitro groups is 1. The first-order valence-electron chi connectivity index (χ1n) is 6.36. The molecule has 98 valence electrons. The monoisotopic (exact) mass is 249 g/mol. The van der Waals surface area contributed by atoms with E-state index in [0.29, 0.717) is 11.7 Å². The van der Waals surface area contributed by atoms with E-state index in [0.717, 1.165) is 19.5 Å². The summed E-state index contributed by atoms with van der Waals surface area (Å²) in [7, 11) is 2.12. The van der Waals surface area contributed by atoms with Crippen LogP contribution in [-0.2, 0) is 0 Å². The molecule has 1 aromatic rings. The number of anilines is 1. The van der Waals surface area contributed by atoms with Crippen LogP contribution in [0.1, 0.15) is 19.3 Å². The van der Waals surface area contributed by atoms with Crippen LogP contribution in [-0.4, -0.2) is 36.0 Å². The first-order valence-corrected chi connectivity index (χ1v) is 6.36. The summed E-state index contributed by atoms with van der Waals surface area (Å²) in [5.41, 5.74) is 0.762. The predicted octanol–water partition coefficient (Wildman–Crippen LogP) is 2.49. The number of hydrogen-bond donors (Lipinski definition) is 1. The number of para-hydroxylation sites is 2.